The normalized spacial score (nSPS) is 10.5. The molecule has 0 aromatic heterocycles. The first-order chi connectivity index (χ1) is 9.10. The fourth-order valence-corrected chi connectivity index (χ4v) is 1.85. The second-order valence-electron chi connectivity index (χ2n) is 4.55. The Bertz CT molecular complexity index is 591. The Labute approximate surface area is 111 Å². The number of carbonyl (C=O) groups excluding carboxylic acids is 1. The summed E-state index contributed by atoms with van der Waals surface area (Å²) < 4.78 is 19.4. The van der Waals surface area contributed by atoms with Crippen molar-refractivity contribution >= 4 is 6.29 Å². The van der Waals surface area contributed by atoms with Gasteiger partial charge in [-0.05, 0) is 49.7 Å². The molecule has 0 heterocycles. The summed E-state index contributed by atoms with van der Waals surface area (Å²) >= 11 is 0. The van der Waals surface area contributed by atoms with Crippen LogP contribution in [0.2, 0.25) is 0 Å². The molecular formula is C16H15FO2. The number of ether oxygens (including phenoxy) is 1. The zero-order valence-electron chi connectivity index (χ0n) is 10.9. The highest BCUT2D eigenvalue weighted by Crippen LogP contribution is 2.27. The van der Waals surface area contributed by atoms with Crippen molar-refractivity contribution < 1.29 is 13.9 Å². The van der Waals surface area contributed by atoms with E-state index in [1.807, 2.05) is 19.9 Å². The standard InChI is InChI=1S/C16H15FO2/c1-11(2)19-14-5-3-4-13(9-14)15-8-12(10-18)6-7-16(15)17/h3-11H,1-2H3. The van der Waals surface area contributed by atoms with Gasteiger partial charge in [-0.3, -0.25) is 4.79 Å². The average Bonchev–Trinajstić information content (AvgIpc) is 2.39. The van der Waals surface area contributed by atoms with Gasteiger partial charge in [-0.2, -0.15) is 0 Å². The number of hydrogen-bond acceptors (Lipinski definition) is 2. The zero-order chi connectivity index (χ0) is 13.8. The van der Waals surface area contributed by atoms with Gasteiger partial charge >= 0.3 is 0 Å². The molecule has 0 unspecified atom stereocenters. The van der Waals surface area contributed by atoms with Crippen LogP contribution in [0.1, 0.15) is 24.2 Å². The molecule has 0 atom stereocenters. The molecule has 0 spiro atoms. The maximum Gasteiger partial charge on any atom is 0.150 e. The van der Waals surface area contributed by atoms with Crippen LogP contribution >= 0.6 is 0 Å². The minimum absolute atomic E-state index is 0.0569. The smallest absolute Gasteiger partial charge is 0.150 e. The summed E-state index contributed by atoms with van der Waals surface area (Å²) in [5, 5.41) is 0. The largest absolute Gasteiger partial charge is 0.491 e. The molecule has 0 bridgehead atoms. The van der Waals surface area contributed by atoms with Crippen LogP contribution in [0.25, 0.3) is 11.1 Å². The molecular weight excluding hydrogens is 243 g/mol. The van der Waals surface area contributed by atoms with Gasteiger partial charge in [-0.25, -0.2) is 4.39 Å². The molecule has 0 aliphatic rings. The van der Waals surface area contributed by atoms with Gasteiger partial charge in [-0.1, -0.05) is 12.1 Å². The van der Waals surface area contributed by atoms with Crippen LogP contribution in [0.4, 0.5) is 4.39 Å². The molecule has 0 aliphatic heterocycles. The third-order valence-electron chi connectivity index (χ3n) is 2.64. The summed E-state index contributed by atoms with van der Waals surface area (Å²) in [5.41, 5.74) is 1.55. The topological polar surface area (TPSA) is 26.3 Å². The Hall–Kier alpha value is -2.16. The second kappa shape index (κ2) is 5.65. The molecule has 0 saturated carbocycles. The van der Waals surface area contributed by atoms with Crippen LogP contribution in [0.3, 0.4) is 0 Å². The molecule has 0 aliphatic carbocycles. The van der Waals surface area contributed by atoms with E-state index in [1.54, 1.807) is 18.2 Å². The zero-order valence-corrected chi connectivity index (χ0v) is 10.9. The van der Waals surface area contributed by atoms with Crippen molar-refractivity contribution in [3.8, 4) is 16.9 Å². The molecule has 0 radical (unpaired) electrons. The lowest BCUT2D eigenvalue weighted by molar-refractivity contribution is 0.112. The molecule has 2 aromatic carbocycles. The monoisotopic (exact) mass is 258 g/mol. The Balaban J connectivity index is 2.43. The second-order valence-corrected chi connectivity index (χ2v) is 4.55. The molecule has 3 heteroatoms. The van der Waals surface area contributed by atoms with Crippen molar-refractivity contribution in [2.24, 2.45) is 0 Å². The van der Waals surface area contributed by atoms with E-state index < -0.39 is 0 Å². The molecule has 2 rings (SSSR count). The van der Waals surface area contributed by atoms with Crippen LogP contribution in [0.15, 0.2) is 42.5 Å². The lowest BCUT2D eigenvalue weighted by Gasteiger charge is -2.11. The highest BCUT2D eigenvalue weighted by Gasteiger charge is 2.08. The third-order valence-corrected chi connectivity index (χ3v) is 2.64. The van der Waals surface area contributed by atoms with E-state index >= 15 is 0 Å². The maximum atomic E-state index is 13.8. The van der Waals surface area contributed by atoms with Gasteiger partial charge in [0.1, 0.15) is 17.9 Å². The first-order valence-corrected chi connectivity index (χ1v) is 6.12. The molecule has 0 saturated heterocycles. The molecule has 0 amide bonds. The van der Waals surface area contributed by atoms with E-state index in [4.69, 9.17) is 4.74 Å². The van der Waals surface area contributed by atoms with Crippen LogP contribution in [0, 0.1) is 5.82 Å². The summed E-state index contributed by atoms with van der Waals surface area (Å²) in [6, 6.07) is 11.5. The first kappa shape index (κ1) is 13.3. The molecule has 19 heavy (non-hydrogen) atoms. The van der Waals surface area contributed by atoms with Gasteiger partial charge in [-0.15, -0.1) is 0 Å². The van der Waals surface area contributed by atoms with Crippen molar-refractivity contribution in [1.29, 1.82) is 0 Å². The van der Waals surface area contributed by atoms with Crippen molar-refractivity contribution in [2.75, 3.05) is 0 Å². The maximum absolute atomic E-state index is 13.8. The van der Waals surface area contributed by atoms with Gasteiger partial charge in [0.05, 0.1) is 6.10 Å². The van der Waals surface area contributed by atoms with Crippen LogP contribution < -0.4 is 4.74 Å². The van der Waals surface area contributed by atoms with Gasteiger partial charge in [0.15, 0.2) is 0 Å². The van der Waals surface area contributed by atoms with E-state index in [1.165, 1.54) is 18.2 Å². The van der Waals surface area contributed by atoms with Crippen LogP contribution in [-0.4, -0.2) is 12.4 Å². The summed E-state index contributed by atoms with van der Waals surface area (Å²) in [7, 11) is 0. The summed E-state index contributed by atoms with van der Waals surface area (Å²) in [6.45, 7) is 3.86. The quantitative estimate of drug-likeness (QED) is 0.772. The lowest BCUT2D eigenvalue weighted by atomic mass is 10.0. The summed E-state index contributed by atoms with van der Waals surface area (Å²) in [5.74, 6) is 0.329. The number of benzene rings is 2. The van der Waals surface area contributed by atoms with E-state index in [-0.39, 0.29) is 11.9 Å². The fourth-order valence-electron chi connectivity index (χ4n) is 1.85. The van der Waals surface area contributed by atoms with Crippen molar-refractivity contribution in [3.05, 3.63) is 53.8 Å². The third kappa shape index (κ3) is 3.19. The van der Waals surface area contributed by atoms with Crippen LogP contribution in [-0.2, 0) is 0 Å². The molecule has 98 valence electrons. The predicted octanol–water partition coefficient (Wildman–Crippen LogP) is 4.09. The Morgan fingerprint density at radius 3 is 2.63 bits per heavy atom. The van der Waals surface area contributed by atoms with Gasteiger partial charge in [0.2, 0.25) is 0 Å². The molecule has 0 fully saturated rings. The van der Waals surface area contributed by atoms with Gasteiger partial charge in [0, 0.05) is 11.1 Å². The Morgan fingerprint density at radius 1 is 1.16 bits per heavy atom. The van der Waals surface area contributed by atoms with E-state index in [9.17, 15) is 9.18 Å². The number of carbonyl (C=O) groups is 1. The molecule has 0 N–H and O–H groups in total. The van der Waals surface area contributed by atoms with E-state index in [0.29, 0.717) is 28.7 Å². The summed E-state index contributed by atoms with van der Waals surface area (Å²) in [4.78, 5) is 10.8. The van der Waals surface area contributed by atoms with E-state index in [2.05, 4.69) is 0 Å². The number of halogens is 1. The fraction of sp³-hybridized carbons (Fsp3) is 0.188. The lowest BCUT2D eigenvalue weighted by Crippen LogP contribution is -2.05. The van der Waals surface area contributed by atoms with Gasteiger partial charge in [0.25, 0.3) is 0 Å². The van der Waals surface area contributed by atoms with E-state index in [0.717, 1.165) is 0 Å². The highest BCUT2D eigenvalue weighted by atomic mass is 19.1. The van der Waals surface area contributed by atoms with Crippen LogP contribution in [0.5, 0.6) is 5.75 Å². The van der Waals surface area contributed by atoms with Crippen molar-refractivity contribution in [1.82, 2.24) is 0 Å². The average molecular weight is 258 g/mol. The minimum Gasteiger partial charge on any atom is -0.491 e. The Kier molecular flexibility index (Phi) is 3.95. The predicted molar refractivity (Wildman–Crippen MR) is 73.0 cm³/mol. The number of aldehydes is 1. The number of rotatable bonds is 4. The van der Waals surface area contributed by atoms with Crippen molar-refractivity contribution in [3.63, 3.8) is 0 Å². The SMILES string of the molecule is CC(C)Oc1cccc(-c2cc(C=O)ccc2F)c1. The van der Waals surface area contributed by atoms with Gasteiger partial charge < -0.3 is 4.74 Å². The summed E-state index contributed by atoms with van der Waals surface area (Å²) in [6.07, 6.45) is 0.763. The number of hydrogen-bond donors (Lipinski definition) is 0. The molecule has 2 nitrogen and oxygen atoms in total. The minimum atomic E-state index is -0.354. The first-order valence-electron chi connectivity index (χ1n) is 6.12. The highest BCUT2D eigenvalue weighted by molar-refractivity contribution is 5.79. The van der Waals surface area contributed by atoms with Crippen molar-refractivity contribution in [2.45, 2.75) is 20.0 Å². The molecule has 2 aromatic rings. The Morgan fingerprint density at radius 2 is 1.95 bits per heavy atom.